The summed E-state index contributed by atoms with van der Waals surface area (Å²) in [6, 6.07) is 0.601. The summed E-state index contributed by atoms with van der Waals surface area (Å²) in [6.07, 6.45) is 7.84. The topological polar surface area (TPSA) is 21.3 Å². The van der Waals surface area contributed by atoms with E-state index in [0.29, 0.717) is 6.04 Å². The van der Waals surface area contributed by atoms with E-state index in [-0.39, 0.29) is 5.60 Å². The lowest BCUT2D eigenvalue weighted by molar-refractivity contribution is -0.124. The highest BCUT2D eigenvalue weighted by Gasteiger charge is 2.43. The molecular weight excluding hydrogens is 186 g/mol. The second-order valence-electron chi connectivity index (χ2n) is 5.18. The van der Waals surface area contributed by atoms with E-state index in [1.165, 1.54) is 38.5 Å². The van der Waals surface area contributed by atoms with Gasteiger partial charge in [-0.3, -0.25) is 0 Å². The van der Waals surface area contributed by atoms with E-state index in [9.17, 15) is 0 Å². The van der Waals surface area contributed by atoms with E-state index < -0.39 is 0 Å². The predicted molar refractivity (Wildman–Crippen MR) is 63.0 cm³/mol. The summed E-state index contributed by atoms with van der Waals surface area (Å²) in [6.45, 7) is 6.55. The second kappa shape index (κ2) is 4.84. The molecule has 0 aromatic rings. The molecule has 88 valence electrons. The molecule has 1 atom stereocenters. The molecule has 1 unspecified atom stereocenters. The molecule has 2 fully saturated rings. The molecule has 1 aliphatic heterocycles. The average Bonchev–Trinajstić information content (AvgIpc) is 2.31. The highest BCUT2D eigenvalue weighted by atomic mass is 16.5. The van der Waals surface area contributed by atoms with Crippen molar-refractivity contribution in [2.75, 3.05) is 13.2 Å². The zero-order valence-electron chi connectivity index (χ0n) is 10.2. The number of morpholine rings is 1. The predicted octanol–water partition coefficient (Wildman–Crippen LogP) is 2.72. The summed E-state index contributed by atoms with van der Waals surface area (Å²) in [7, 11) is 0. The molecule has 0 aromatic heterocycles. The van der Waals surface area contributed by atoms with Crippen molar-refractivity contribution in [2.45, 2.75) is 64.0 Å². The van der Waals surface area contributed by atoms with Gasteiger partial charge >= 0.3 is 0 Å². The Hall–Kier alpha value is -0.0800. The Morgan fingerprint density at radius 2 is 1.93 bits per heavy atom. The average molecular weight is 211 g/mol. The monoisotopic (exact) mass is 211 g/mol. The minimum absolute atomic E-state index is 0.193. The van der Waals surface area contributed by atoms with Gasteiger partial charge in [0, 0.05) is 12.6 Å². The SMILES string of the molecule is CCC1CCC2(CC1)OCCNC2CC. The molecule has 1 saturated carbocycles. The fourth-order valence-electron chi connectivity index (χ4n) is 3.36. The number of hydrogen-bond donors (Lipinski definition) is 1. The number of hydrogen-bond acceptors (Lipinski definition) is 2. The van der Waals surface area contributed by atoms with E-state index in [0.717, 1.165) is 19.1 Å². The minimum Gasteiger partial charge on any atom is -0.372 e. The lowest BCUT2D eigenvalue weighted by Gasteiger charge is -2.48. The molecule has 0 radical (unpaired) electrons. The lowest BCUT2D eigenvalue weighted by Crippen LogP contribution is -2.59. The first-order valence-electron chi connectivity index (χ1n) is 6.68. The molecule has 1 N–H and O–H groups in total. The zero-order valence-corrected chi connectivity index (χ0v) is 10.2. The van der Waals surface area contributed by atoms with Crippen molar-refractivity contribution in [1.82, 2.24) is 5.32 Å². The van der Waals surface area contributed by atoms with Crippen LogP contribution >= 0.6 is 0 Å². The third-order valence-corrected chi connectivity index (χ3v) is 4.45. The van der Waals surface area contributed by atoms with E-state index in [1.807, 2.05) is 0 Å². The van der Waals surface area contributed by atoms with Gasteiger partial charge in [0.1, 0.15) is 0 Å². The maximum atomic E-state index is 6.14. The van der Waals surface area contributed by atoms with Crippen LogP contribution < -0.4 is 5.32 Å². The smallest absolute Gasteiger partial charge is 0.0835 e. The van der Waals surface area contributed by atoms with Crippen molar-refractivity contribution >= 4 is 0 Å². The first-order chi connectivity index (χ1) is 7.30. The summed E-state index contributed by atoms with van der Waals surface area (Å²) in [5, 5.41) is 3.64. The van der Waals surface area contributed by atoms with Crippen LogP contribution in [0.3, 0.4) is 0 Å². The van der Waals surface area contributed by atoms with Gasteiger partial charge in [0.15, 0.2) is 0 Å². The van der Waals surface area contributed by atoms with Gasteiger partial charge in [-0.2, -0.15) is 0 Å². The van der Waals surface area contributed by atoms with Crippen LogP contribution in [0.4, 0.5) is 0 Å². The van der Waals surface area contributed by atoms with E-state index in [1.54, 1.807) is 0 Å². The van der Waals surface area contributed by atoms with Crippen LogP contribution in [0.25, 0.3) is 0 Å². The molecule has 1 spiro atoms. The van der Waals surface area contributed by atoms with Gasteiger partial charge in [0.05, 0.1) is 12.2 Å². The first-order valence-corrected chi connectivity index (χ1v) is 6.68. The molecule has 2 aliphatic rings. The van der Waals surface area contributed by atoms with Crippen molar-refractivity contribution in [2.24, 2.45) is 5.92 Å². The summed E-state index contributed by atoms with van der Waals surface area (Å²) in [5.74, 6) is 0.957. The molecule has 1 heterocycles. The Labute approximate surface area is 93.8 Å². The number of ether oxygens (including phenoxy) is 1. The van der Waals surface area contributed by atoms with Gasteiger partial charge in [-0.1, -0.05) is 20.3 Å². The largest absolute Gasteiger partial charge is 0.372 e. The Morgan fingerprint density at radius 3 is 2.53 bits per heavy atom. The van der Waals surface area contributed by atoms with Gasteiger partial charge in [0.2, 0.25) is 0 Å². The van der Waals surface area contributed by atoms with Crippen molar-refractivity contribution in [3.8, 4) is 0 Å². The van der Waals surface area contributed by atoms with Crippen molar-refractivity contribution in [3.05, 3.63) is 0 Å². The molecule has 2 nitrogen and oxygen atoms in total. The van der Waals surface area contributed by atoms with Gasteiger partial charge < -0.3 is 10.1 Å². The fraction of sp³-hybridized carbons (Fsp3) is 1.00. The maximum Gasteiger partial charge on any atom is 0.0835 e. The van der Waals surface area contributed by atoms with Crippen molar-refractivity contribution in [3.63, 3.8) is 0 Å². The summed E-state index contributed by atoms with van der Waals surface area (Å²) >= 11 is 0. The normalized spacial score (nSPS) is 42.0. The van der Waals surface area contributed by atoms with Crippen LogP contribution in [0, 0.1) is 5.92 Å². The molecule has 2 rings (SSSR count). The van der Waals surface area contributed by atoms with E-state index in [2.05, 4.69) is 19.2 Å². The third-order valence-electron chi connectivity index (χ3n) is 4.45. The van der Waals surface area contributed by atoms with Crippen molar-refractivity contribution < 1.29 is 4.74 Å². The first kappa shape index (κ1) is 11.4. The Balaban J connectivity index is 1.99. The number of rotatable bonds is 2. The molecule has 0 bridgehead atoms. The van der Waals surface area contributed by atoms with Crippen LogP contribution in [0.1, 0.15) is 52.4 Å². The van der Waals surface area contributed by atoms with Gasteiger partial charge in [0.25, 0.3) is 0 Å². The molecule has 1 saturated heterocycles. The second-order valence-corrected chi connectivity index (χ2v) is 5.18. The zero-order chi connectivity index (χ0) is 10.7. The third kappa shape index (κ3) is 2.21. The van der Waals surface area contributed by atoms with Crippen LogP contribution in [0.15, 0.2) is 0 Å². The van der Waals surface area contributed by atoms with Gasteiger partial charge in [-0.25, -0.2) is 0 Å². The highest BCUT2D eigenvalue weighted by molar-refractivity contribution is 4.98. The Bertz CT molecular complexity index is 197. The summed E-state index contributed by atoms with van der Waals surface area (Å²) in [4.78, 5) is 0. The highest BCUT2D eigenvalue weighted by Crippen LogP contribution is 2.40. The molecule has 2 heteroatoms. The molecule has 1 aliphatic carbocycles. The van der Waals surface area contributed by atoms with E-state index in [4.69, 9.17) is 4.74 Å². The molecule has 0 amide bonds. The maximum absolute atomic E-state index is 6.14. The fourth-order valence-corrected chi connectivity index (χ4v) is 3.36. The van der Waals surface area contributed by atoms with E-state index >= 15 is 0 Å². The van der Waals surface area contributed by atoms with Crippen LogP contribution in [-0.2, 0) is 4.74 Å². The van der Waals surface area contributed by atoms with Gasteiger partial charge in [-0.15, -0.1) is 0 Å². The minimum atomic E-state index is 0.193. The van der Waals surface area contributed by atoms with Crippen LogP contribution in [0.2, 0.25) is 0 Å². The quantitative estimate of drug-likeness (QED) is 0.758. The summed E-state index contributed by atoms with van der Waals surface area (Å²) < 4.78 is 6.14. The number of nitrogens with one attached hydrogen (secondary N) is 1. The van der Waals surface area contributed by atoms with Crippen LogP contribution in [0.5, 0.6) is 0 Å². The molecule has 15 heavy (non-hydrogen) atoms. The van der Waals surface area contributed by atoms with Crippen molar-refractivity contribution in [1.29, 1.82) is 0 Å². The van der Waals surface area contributed by atoms with Gasteiger partial charge in [-0.05, 0) is 38.0 Å². The summed E-state index contributed by atoms with van der Waals surface area (Å²) in [5.41, 5.74) is 0.193. The Morgan fingerprint density at radius 1 is 1.20 bits per heavy atom. The lowest BCUT2D eigenvalue weighted by atomic mass is 9.73. The molecule has 0 aromatic carbocycles. The van der Waals surface area contributed by atoms with Crippen LogP contribution in [-0.4, -0.2) is 24.8 Å². The Kier molecular flexibility index (Phi) is 3.68. The standard InChI is InChI=1S/C13H25NO/c1-3-11-5-7-13(8-6-11)12(4-2)14-9-10-15-13/h11-12,14H,3-10H2,1-2H3. The molecular formula is C13H25NO.